The molecule has 4 N–H and O–H groups in total. The van der Waals surface area contributed by atoms with Gasteiger partial charge in [-0.15, -0.1) is 0 Å². The highest BCUT2D eigenvalue weighted by Crippen LogP contribution is 2.24. The number of ketones is 2. The molecule has 0 radical (unpaired) electrons. The first-order valence-corrected chi connectivity index (χ1v) is 17.4. The second kappa shape index (κ2) is 25.1. The van der Waals surface area contributed by atoms with E-state index in [0.717, 1.165) is 6.42 Å². The summed E-state index contributed by atoms with van der Waals surface area (Å²) in [5.74, 6) is -0.00409. The van der Waals surface area contributed by atoms with Crippen LogP contribution in [0, 0.1) is 11.8 Å². The number of carbonyl (C=O) groups excluding carboxylic acids is 2. The van der Waals surface area contributed by atoms with Crippen molar-refractivity contribution in [3.8, 4) is 0 Å². The Bertz CT molecular complexity index is 781. The van der Waals surface area contributed by atoms with Gasteiger partial charge in [-0.3, -0.25) is 9.59 Å². The lowest BCUT2D eigenvalue weighted by Gasteiger charge is -2.35. The van der Waals surface area contributed by atoms with E-state index in [-0.39, 0.29) is 91.5 Å². The molecule has 0 saturated heterocycles. The fourth-order valence-electron chi connectivity index (χ4n) is 4.92. The van der Waals surface area contributed by atoms with Crippen LogP contribution in [0.25, 0.3) is 0 Å². The summed E-state index contributed by atoms with van der Waals surface area (Å²) in [4.78, 5) is 23.8. The zero-order valence-electron chi connectivity index (χ0n) is 31.6. The lowest BCUT2D eigenvalue weighted by atomic mass is 9.95. The fourth-order valence-corrected chi connectivity index (χ4v) is 4.92. The smallest absolute Gasteiger partial charge is 0.138 e. The SMILES string of the molecule is CC(C)OC(C)CC(OC(C)C)C(CC(CC(=O)C(C)C)OC(C)C)OC(C)C.CC(O)CC(O)C(O)CC(O)CC(=O)C(C)C. The Hall–Kier alpha value is -0.980. The first-order chi connectivity index (χ1) is 21.0. The largest absolute Gasteiger partial charge is 0.393 e. The molecule has 0 spiro atoms. The van der Waals surface area contributed by atoms with E-state index in [9.17, 15) is 24.9 Å². The molecule has 0 fully saturated rings. The molecule has 0 rings (SSSR count). The van der Waals surface area contributed by atoms with E-state index in [2.05, 4.69) is 6.92 Å². The highest BCUT2D eigenvalue weighted by Gasteiger charge is 2.32. The summed E-state index contributed by atoms with van der Waals surface area (Å²) in [6.45, 7) is 27.2. The highest BCUT2D eigenvalue weighted by molar-refractivity contribution is 5.81. The van der Waals surface area contributed by atoms with Gasteiger partial charge in [-0.05, 0) is 69.2 Å². The molecule has 0 aromatic carbocycles. The van der Waals surface area contributed by atoms with Gasteiger partial charge in [-0.1, -0.05) is 27.7 Å². The molecular formula is C36H72O10. The number of rotatable bonds is 24. The molecule has 0 amide bonds. The molecule has 0 aliphatic heterocycles. The van der Waals surface area contributed by atoms with Gasteiger partial charge >= 0.3 is 0 Å². The molecule has 10 nitrogen and oxygen atoms in total. The Balaban J connectivity index is 0. The molecule has 0 aromatic heterocycles. The van der Waals surface area contributed by atoms with Gasteiger partial charge < -0.3 is 39.4 Å². The standard InChI is InChI=1S/C24H48O5.C12H24O5/c1-15(2)22(25)13-21(27-17(5)6)14-24(29-19(9)10)23(28-18(7)8)12-20(11)26-16(3)4;1-7(2)10(15)5-9(14)6-12(17)11(16)4-8(3)13/h15-21,23-24H,12-14H2,1-11H3;7-9,11-14,16-17H,4-6H2,1-3H3. The lowest BCUT2D eigenvalue weighted by molar-refractivity contribution is -0.149. The summed E-state index contributed by atoms with van der Waals surface area (Å²) in [7, 11) is 0. The first kappa shape index (κ1) is 47.1. The lowest BCUT2D eigenvalue weighted by Crippen LogP contribution is -2.41. The van der Waals surface area contributed by atoms with Crippen molar-refractivity contribution in [1.82, 2.24) is 0 Å². The van der Waals surface area contributed by atoms with Crippen LogP contribution in [-0.2, 0) is 28.5 Å². The molecule has 8 atom stereocenters. The second-order valence-corrected chi connectivity index (χ2v) is 14.5. The average Bonchev–Trinajstić information content (AvgIpc) is 2.86. The zero-order valence-corrected chi connectivity index (χ0v) is 31.6. The van der Waals surface area contributed by atoms with Crippen LogP contribution in [0.15, 0.2) is 0 Å². The maximum absolute atomic E-state index is 12.4. The van der Waals surface area contributed by atoms with Crippen LogP contribution < -0.4 is 0 Å². The average molecular weight is 665 g/mol. The third-order valence-corrected chi connectivity index (χ3v) is 7.03. The number of Topliss-reactive ketones (excluding diaryl/α,β-unsaturated/α-hetero) is 2. The third kappa shape index (κ3) is 25.1. The van der Waals surface area contributed by atoms with Gasteiger partial charge in [-0.2, -0.15) is 0 Å². The fraction of sp³-hybridized carbons (Fsp3) is 0.944. The number of hydrogen-bond acceptors (Lipinski definition) is 10. The monoisotopic (exact) mass is 665 g/mol. The van der Waals surface area contributed by atoms with Gasteiger partial charge in [0.25, 0.3) is 0 Å². The first-order valence-electron chi connectivity index (χ1n) is 17.4. The van der Waals surface area contributed by atoms with Gasteiger partial charge in [0.2, 0.25) is 0 Å². The second-order valence-electron chi connectivity index (χ2n) is 14.5. The molecule has 0 saturated carbocycles. The molecule has 0 bridgehead atoms. The van der Waals surface area contributed by atoms with E-state index in [4.69, 9.17) is 24.1 Å². The van der Waals surface area contributed by atoms with Crippen LogP contribution in [0.3, 0.4) is 0 Å². The van der Waals surface area contributed by atoms with Crippen molar-refractivity contribution in [2.45, 2.75) is 209 Å². The van der Waals surface area contributed by atoms with Gasteiger partial charge in [-0.25, -0.2) is 0 Å². The summed E-state index contributed by atoms with van der Waals surface area (Å²) in [5, 5.41) is 37.6. The Kier molecular flexibility index (Phi) is 25.7. The number of aliphatic hydroxyl groups excluding tert-OH is 4. The topological polar surface area (TPSA) is 152 Å². The van der Waals surface area contributed by atoms with Gasteiger partial charge in [0.05, 0.1) is 73.2 Å². The van der Waals surface area contributed by atoms with E-state index >= 15 is 0 Å². The predicted molar refractivity (Wildman–Crippen MR) is 183 cm³/mol. The minimum Gasteiger partial charge on any atom is -0.393 e. The summed E-state index contributed by atoms with van der Waals surface area (Å²) in [6.07, 6.45) is -2.23. The van der Waals surface area contributed by atoms with Crippen LogP contribution in [0.2, 0.25) is 0 Å². The van der Waals surface area contributed by atoms with E-state index in [0.29, 0.717) is 12.8 Å². The van der Waals surface area contributed by atoms with Crippen molar-refractivity contribution in [3.05, 3.63) is 0 Å². The van der Waals surface area contributed by atoms with E-state index in [1.807, 2.05) is 69.2 Å². The summed E-state index contributed by atoms with van der Waals surface area (Å²) in [5.41, 5.74) is 0. The van der Waals surface area contributed by atoms with Crippen LogP contribution in [0.4, 0.5) is 0 Å². The van der Waals surface area contributed by atoms with Crippen molar-refractivity contribution in [2.24, 2.45) is 11.8 Å². The molecule has 0 aliphatic carbocycles. The molecule has 276 valence electrons. The van der Waals surface area contributed by atoms with Crippen LogP contribution >= 0.6 is 0 Å². The number of hydrogen-bond donors (Lipinski definition) is 4. The van der Waals surface area contributed by atoms with E-state index < -0.39 is 24.4 Å². The minimum absolute atomic E-state index is 0.0000886. The normalized spacial score (nSPS) is 17.6. The summed E-state index contributed by atoms with van der Waals surface area (Å²) in [6, 6.07) is 0. The third-order valence-electron chi connectivity index (χ3n) is 7.03. The highest BCUT2D eigenvalue weighted by atomic mass is 16.6. The molecular weight excluding hydrogens is 592 g/mol. The predicted octanol–water partition coefficient (Wildman–Crippen LogP) is 5.42. The Labute approximate surface area is 280 Å². The molecule has 46 heavy (non-hydrogen) atoms. The summed E-state index contributed by atoms with van der Waals surface area (Å²) < 4.78 is 24.7. The molecule has 0 heterocycles. The maximum atomic E-state index is 12.4. The Morgan fingerprint density at radius 1 is 0.478 bits per heavy atom. The van der Waals surface area contributed by atoms with E-state index in [1.165, 1.54) is 6.92 Å². The van der Waals surface area contributed by atoms with Crippen LogP contribution in [-0.4, -0.2) is 105 Å². The van der Waals surface area contributed by atoms with Crippen molar-refractivity contribution >= 4 is 11.6 Å². The maximum Gasteiger partial charge on any atom is 0.138 e. The molecule has 10 heteroatoms. The quantitative estimate of drug-likeness (QED) is 0.105. The van der Waals surface area contributed by atoms with Gasteiger partial charge in [0.1, 0.15) is 11.6 Å². The van der Waals surface area contributed by atoms with Crippen molar-refractivity contribution < 1.29 is 49.0 Å². The van der Waals surface area contributed by atoms with Gasteiger partial charge in [0.15, 0.2) is 0 Å². The Morgan fingerprint density at radius 2 is 0.870 bits per heavy atom. The van der Waals surface area contributed by atoms with Crippen LogP contribution in [0.1, 0.15) is 135 Å². The Morgan fingerprint density at radius 3 is 1.26 bits per heavy atom. The van der Waals surface area contributed by atoms with Crippen molar-refractivity contribution in [3.63, 3.8) is 0 Å². The van der Waals surface area contributed by atoms with Crippen LogP contribution in [0.5, 0.6) is 0 Å². The minimum atomic E-state index is -1.13. The van der Waals surface area contributed by atoms with Crippen molar-refractivity contribution in [2.75, 3.05) is 0 Å². The summed E-state index contributed by atoms with van der Waals surface area (Å²) >= 11 is 0. The number of aliphatic hydroxyl groups is 4. The zero-order chi connectivity index (χ0) is 36.3. The van der Waals surface area contributed by atoms with E-state index in [1.54, 1.807) is 13.8 Å². The molecule has 0 aliphatic rings. The molecule has 0 aromatic rings. The number of carbonyl (C=O) groups is 2. The number of ether oxygens (including phenoxy) is 4. The van der Waals surface area contributed by atoms with Gasteiger partial charge in [0, 0.05) is 50.4 Å². The molecule has 8 unspecified atom stereocenters. The van der Waals surface area contributed by atoms with Crippen molar-refractivity contribution in [1.29, 1.82) is 0 Å².